The number of carbonyl (C=O) groups excluding carboxylic acids is 1. The summed E-state index contributed by atoms with van der Waals surface area (Å²) in [7, 11) is 0. The summed E-state index contributed by atoms with van der Waals surface area (Å²) < 4.78 is 5.22. The molecule has 1 fully saturated rings. The summed E-state index contributed by atoms with van der Waals surface area (Å²) in [5.74, 6) is 0.0447. The fourth-order valence-electron chi connectivity index (χ4n) is 1.76. The summed E-state index contributed by atoms with van der Waals surface area (Å²) in [4.78, 5) is 14.0. The van der Waals surface area contributed by atoms with Crippen LogP contribution in [0.4, 0.5) is 0 Å². The number of rotatable bonds is 1. The molecular weight excluding hydrogens is 226 g/mol. The SMILES string of the molecule is Cc1ccc(Cl)cc1C(=O)N1CCOCC1. The van der Waals surface area contributed by atoms with E-state index in [0.29, 0.717) is 36.9 Å². The van der Waals surface area contributed by atoms with Crippen LogP contribution in [0.2, 0.25) is 5.02 Å². The van der Waals surface area contributed by atoms with Crippen molar-refractivity contribution in [1.82, 2.24) is 4.90 Å². The van der Waals surface area contributed by atoms with Gasteiger partial charge in [-0.15, -0.1) is 0 Å². The second-order valence-corrected chi connectivity index (χ2v) is 4.30. The molecule has 0 spiro atoms. The number of nitrogens with zero attached hydrogens (tertiary/aromatic N) is 1. The van der Waals surface area contributed by atoms with Crippen molar-refractivity contribution in [3.05, 3.63) is 34.3 Å². The van der Waals surface area contributed by atoms with Crippen LogP contribution >= 0.6 is 11.6 Å². The van der Waals surface area contributed by atoms with E-state index >= 15 is 0 Å². The molecule has 1 saturated heterocycles. The molecular formula is C12H14ClNO2. The monoisotopic (exact) mass is 239 g/mol. The van der Waals surface area contributed by atoms with Crippen molar-refractivity contribution >= 4 is 17.5 Å². The molecule has 4 heteroatoms. The Morgan fingerprint density at radius 1 is 1.38 bits per heavy atom. The fourth-order valence-corrected chi connectivity index (χ4v) is 1.93. The predicted octanol–water partition coefficient (Wildman–Crippen LogP) is 2.12. The number of amides is 1. The van der Waals surface area contributed by atoms with Crippen molar-refractivity contribution in [1.29, 1.82) is 0 Å². The van der Waals surface area contributed by atoms with Crippen LogP contribution in [0.3, 0.4) is 0 Å². The number of aryl methyl sites for hydroxylation is 1. The molecule has 0 atom stereocenters. The van der Waals surface area contributed by atoms with Gasteiger partial charge in [-0.3, -0.25) is 4.79 Å². The van der Waals surface area contributed by atoms with E-state index in [1.165, 1.54) is 0 Å². The van der Waals surface area contributed by atoms with Crippen LogP contribution in [0.1, 0.15) is 15.9 Å². The van der Waals surface area contributed by atoms with Gasteiger partial charge in [0.05, 0.1) is 13.2 Å². The number of morpholine rings is 1. The summed E-state index contributed by atoms with van der Waals surface area (Å²) in [5.41, 5.74) is 1.65. The zero-order chi connectivity index (χ0) is 11.5. The topological polar surface area (TPSA) is 29.5 Å². The Morgan fingerprint density at radius 2 is 2.06 bits per heavy atom. The average molecular weight is 240 g/mol. The first-order chi connectivity index (χ1) is 7.68. The second-order valence-electron chi connectivity index (χ2n) is 3.86. The third kappa shape index (κ3) is 2.36. The van der Waals surface area contributed by atoms with Gasteiger partial charge in [-0.1, -0.05) is 17.7 Å². The van der Waals surface area contributed by atoms with Crippen molar-refractivity contribution in [2.24, 2.45) is 0 Å². The smallest absolute Gasteiger partial charge is 0.254 e. The lowest BCUT2D eigenvalue weighted by Gasteiger charge is -2.27. The molecule has 1 aliphatic rings. The van der Waals surface area contributed by atoms with Gasteiger partial charge in [0.2, 0.25) is 0 Å². The first kappa shape index (κ1) is 11.4. The molecule has 3 nitrogen and oxygen atoms in total. The Balaban J connectivity index is 2.22. The lowest BCUT2D eigenvalue weighted by Crippen LogP contribution is -2.40. The molecule has 0 radical (unpaired) electrons. The largest absolute Gasteiger partial charge is 0.378 e. The number of benzene rings is 1. The number of hydrogen-bond acceptors (Lipinski definition) is 2. The zero-order valence-corrected chi connectivity index (χ0v) is 9.96. The minimum absolute atomic E-state index is 0.0447. The van der Waals surface area contributed by atoms with E-state index in [2.05, 4.69) is 0 Å². The Labute approximate surface area is 100.0 Å². The van der Waals surface area contributed by atoms with E-state index in [1.807, 2.05) is 17.9 Å². The van der Waals surface area contributed by atoms with E-state index in [1.54, 1.807) is 12.1 Å². The lowest BCUT2D eigenvalue weighted by molar-refractivity contribution is 0.0302. The van der Waals surface area contributed by atoms with Gasteiger partial charge in [0.25, 0.3) is 5.91 Å². The van der Waals surface area contributed by atoms with Crippen LogP contribution in [-0.4, -0.2) is 37.1 Å². The van der Waals surface area contributed by atoms with E-state index in [4.69, 9.17) is 16.3 Å². The standard InChI is InChI=1S/C12H14ClNO2/c1-9-2-3-10(13)8-11(9)12(15)14-4-6-16-7-5-14/h2-3,8H,4-7H2,1H3. The highest BCUT2D eigenvalue weighted by atomic mass is 35.5. The van der Waals surface area contributed by atoms with Gasteiger partial charge in [0, 0.05) is 23.7 Å². The normalized spacial score (nSPS) is 16.2. The van der Waals surface area contributed by atoms with Gasteiger partial charge in [0.1, 0.15) is 0 Å². The number of halogens is 1. The molecule has 1 aromatic carbocycles. The molecule has 0 aromatic heterocycles. The van der Waals surface area contributed by atoms with E-state index in [0.717, 1.165) is 5.56 Å². The molecule has 16 heavy (non-hydrogen) atoms. The van der Waals surface area contributed by atoms with Crippen molar-refractivity contribution in [2.45, 2.75) is 6.92 Å². The Kier molecular flexibility index (Phi) is 3.46. The minimum Gasteiger partial charge on any atom is -0.378 e. The average Bonchev–Trinajstić information content (AvgIpc) is 2.32. The molecule has 1 amide bonds. The first-order valence-corrected chi connectivity index (χ1v) is 5.69. The highest BCUT2D eigenvalue weighted by Gasteiger charge is 2.19. The molecule has 0 bridgehead atoms. The maximum absolute atomic E-state index is 12.2. The molecule has 1 heterocycles. The van der Waals surface area contributed by atoms with Gasteiger partial charge in [-0.25, -0.2) is 0 Å². The Bertz CT molecular complexity index is 400. The third-order valence-electron chi connectivity index (χ3n) is 2.73. The van der Waals surface area contributed by atoms with Crippen LogP contribution in [0.5, 0.6) is 0 Å². The summed E-state index contributed by atoms with van der Waals surface area (Å²) >= 11 is 5.90. The van der Waals surface area contributed by atoms with Gasteiger partial charge in [-0.05, 0) is 24.6 Å². The van der Waals surface area contributed by atoms with E-state index in [9.17, 15) is 4.79 Å². The second kappa shape index (κ2) is 4.85. The molecule has 0 unspecified atom stereocenters. The fraction of sp³-hybridized carbons (Fsp3) is 0.417. The Hall–Kier alpha value is -1.06. The van der Waals surface area contributed by atoms with Crippen molar-refractivity contribution in [2.75, 3.05) is 26.3 Å². The van der Waals surface area contributed by atoms with Crippen LogP contribution < -0.4 is 0 Å². The third-order valence-corrected chi connectivity index (χ3v) is 2.96. The zero-order valence-electron chi connectivity index (χ0n) is 9.20. The molecule has 1 aliphatic heterocycles. The van der Waals surface area contributed by atoms with Crippen molar-refractivity contribution in [3.8, 4) is 0 Å². The maximum atomic E-state index is 12.2. The number of hydrogen-bond donors (Lipinski definition) is 0. The quantitative estimate of drug-likeness (QED) is 0.751. The maximum Gasteiger partial charge on any atom is 0.254 e. The van der Waals surface area contributed by atoms with E-state index in [-0.39, 0.29) is 5.91 Å². The van der Waals surface area contributed by atoms with Gasteiger partial charge in [0.15, 0.2) is 0 Å². The highest BCUT2D eigenvalue weighted by Crippen LogP contribution is 2.17. The summed E-state index contributed by atoms with van der Waals surface area (Å²) in [6.07, 6.45) is 0. The molecule has 0 N–H and O–H groups in total. The molecule has 0 aliphatic carbocycles. The van der Waals surface area contributed by atoms with Gasteiger partial charge in [-0.2, -0.15) is 0 Å². The summed E-state index contributed by atoms with van der Waals surface area (Å²) in [6.45, 7) is 4.47. The number of carbonyl (C=O) groups is 1. The van der Waals surface area contributed by atoms with Crippen LogP contribution in [-0.2, 0) is 4.74 Å². The van der Waals surface area contributed by atoms with Crippen molar-refractivity contribution < 1.29 is 9.53 Å². The number of ether oxygens (including phenoxy) is 1. The van der Waals surface area contributed by atoms with Crippen LogP contribution in [0.15, 0.2) is 18.2 Å². The van der Waals surface area contributed by atoms with Crippen molar-refractivity contribution in [3.63, 3.8) is 0 Å². The molecule has 86 valence electrons. The summed E-state index contributed by atoms with van der Waals surface area (Å²) in [5, 5.41) is 0.599. The molecule has 2 rings (SSSR count). The highest BCUT2D eigenvalue weighted by molar-refractivity contribution is 6.31. The lowest BCUT2D eigenvalue weighted by atomic mass is 10.1. The first-order valence-electron chi connectivity index (χ1n) is 5.31. The molecule has 0 saturated carbocycles. The summed E-state index contributed by atoms with van der Waals surface area (Å²) in [6, 6.07) is 5.40. The minimum atomic E-state index is 0.0447. The van der Waals surface area contributed by atoms with Gasteiger partial charge < -0.3 is 9.64 Å². The Morgan fingerprint density at radius 3 is 2.75 bits per heavy atom. The molecule has 1 aromatic rings. The van der Waals surface area contributed by atoms with Gasteiger partial charge >= 0.3 is 0 Å². The van der Waals surface area contributed by atoms with Crippen LogP contribution in [0, 0.1) is 6.92 Å². The van der Waals surface area contributed by atoms with Crippen LogP contribution in [0.25, 0.3) is 0 Å². The van der Waals surface area contributed by atoms with E-state index < -0.39 is 0 Å². The predicted molar refractivity (Wildman–Crippen MR) is 62.9 cm³/mol.